The molecule has 1 aromatic rings. The first-order chi connectivity index (χ1) is 11.4. The van der Waals surface area contributed by atoms with Crippen molar-refractivity contribution in [3.8, 4) is 0 Å². The molecule has 1 N–H and O–H groups in total. The van der Waals surface area contributed by atoms with Crippen LogP contribution in [0.4, 0.5) is 0 Å². The predicted octanol–water partition coefficient (Wildman–Crippen LogP) is 3.18. The molecule has 0 amide bonds. The Morgan fingerprint density at radius 3 is 2.04 bits per heavy atom. The number of rotatable bonds is 3. The summed E-state index contributed by atoms with van der Waals surface area (Å²) in [7, 11) is -3.53. The van der Waals surface area contributed by atoms with Gasteiger partial charge >= 0.3 is 0 Å². The Balaban J connectivity index is 1.60. The van der Waals surface area contributed by atoms with Crippen LogP contribution in [-0.2, 0) is 10.0 Å². The van der Waals surface area contributed by atoms with Crippen molar-refractivity contribution in [2.75, 3.05) is 13.1 Å². The number of nitrogens with zero attached hydrogens (tertiary/aromatic N) is 1. The number of benzene rings is 1. The molecule has 2 atom stereocenters. The maximum atomic E-state index is 12.7. The summed E-state index contributed by atoms with van der Waals surface area (Å²) < 4.78 is 25.4. The molecule has 2 fully saturated rings. The predicted molar refractivity (Wildman–Crippen MR) is 94.7 cm³/mol. The van der Waals surface area contributed by atoms with Crippen LogP contribution in [0.5, 0.6) is 0 Å². The molecular weight excluding hydrogens is 320 g/mol. The van der Waals surface area contributed by atoms with Crippen LogP contribution < -0.4 is 4.83 Å². The normalized spacial score (nSPS) is 32.5. The van der Waals surface area contributed by atoms with Gasteiger partial charge in [-0.1, -0.05) is 54.8 Å². The third kappa shape index (κ3) is 2.46. The second kappa shape index (κ2) is 5.55. The van der Waals surface area contributed by atoms with Crippen LogP contribution in [0.25, 0.3) is 0 Å². The lowest BCUT2D eigenvalue weighted by Gasteiger charge is -2.46. The van der Waals surface area contributed by atoms with Crippen molar-refractivity contribution >= 4 is 10.0 Å². The number of hydrazine groups is 1. The number of nitrogens with one attached hydrogen (secondary N) is 1. The SMILES string of the molecule is Cc1ccc(S(=O)(=O)NN2CC34C=CC=CC3(CCCC4)C2)cc1. The first-order valence-corrected chi connectivity index (χ1v) is 10.1. The van der Waals surface area contributed by atoms with E-state index in [1.54, 1.807) is 12.1 Å². The van der Waals surface area contributed by atoms with Crippen LogP contribution in [-0.4, -0.2) is 26.5 Å². The van der Waals surface area contributed by atoms with E-state index in [1.165, 1.54) is 12.8 Å². The van der Waals surface area contributed by atoms with Gasteiger partial charge in [0, 0.05) is 23.9 Å². The molecule has 1 saturated heterocycles. The summed E-state index contributed by atoms with van der Waals surface area (Å²) >= 11 is 0. The Labute approximate surface area is 144 Å². The average Bonchev–Trinajstić information content (AvgIpc) is 2.88. The van der Waals surface area contributed by atoms with E-state index in [-0.39, 0.29) is 10.8 Å². The minimum Gasteiger partial charge on any atom is -0.229 e. The highest BCUT2D eigenvalue weighted by molar-refractivity contribution is 7.89. The third-order valence-electron chi connectivity index (χ3n) is 5.96. The van der Waals surface area contributed by atoms with Crippen molar-refractivity contribution < 1.29 is 8.42 Å². The molecule has 1 aromatic carbocycles. The zero-order valence-corrected chi connectivity index (χ0v) is 14.8. The van der Waals surface area contributed by atoms with Gasteiger partial charge in [0.2, 0.25) is 0 Å². The van der Waals surface area contributed by atoms with E-state index in [0.29, 0.717) is 4.90 Å². The van der Waals surface area contributed by atoms with Crippen LogP contribution in [0.3, 0.4) is 0 Å². The van der Waals surface area contributed by atoms with Crippen LogP contribution in [0.15, 0.2) is 53.5 Å². The lowest BCUT2D eigenvalue weighted by Crippen LogP contribution is -2.42. The Hall–Kier alpha value is -1.43. The quantitative estimate of drug-likeness (QED) is 0.916. The highest BCUT2D eigenvalue weighted by Gasteiger charge is 2.56. The fourth-order valence-electron chi connectivity index (χ4n) is 4.68. The van der Waals surface area contributed by atoms with Crippen LogP contribution in [0.2, 0.25) is 0 Å². The maximum Gasteiger partial charge on any atom is 0.253 e. The molecule has 0 aromatic heterocycles. The standard InChI is InChI=1S/C19H24N2O2S/c1-16-6-8-17(9-7-16)24(22,23)20-21-14-18-10-2-3-11-19(18,15-21)13-5-4-12-18/h2-3,6-11,20H,4-5,12-15H2,1H3. The minimum atomic E-state index is -3.53. The summed E-state index contributed by atoms with van der Waals surface area (Å²) in [5, 5.41) is 1.92. The average molecular weight is 344 g/mol. The van der Waals surface area contributed by atoms with Crippen molar-refractivity contribution in [1.82, 2.24) is 9.84 Å². The van der Waals surface area contributed by atoms with E-state index in [4.69, 9.17) is 0 Å². The second-order valence-corrected chi connectivity index (χ2v) is 9.16. The molecule has 0 bridgehead atoms. The highest BCUT2D eigenvalue weighted by Crippen LogP contribution is 2.58. The number of sulfonamides is 1. The number of hydrogen-bond acceptors (Lipinski definition) is 3. The van der Waals surface area contributed by atoms with E-state index in [1.807, 2.05) is 24.1 Å². The topological polar surface area (TPSA) is 49.4 Å². The van der Waals surface area contributed by atoms with Crippen molar-refractivity contribution in [3.05, 3.63) is 54.1 Å². The Morgan fingerprint density at radius 2 is 1.50 bits per heavy atom. The Kier molecular flexibility index (Phi) is 3.71. The van der Waals surface area contributed by atoms with Gasteiger partial charge in [0.05, 0.1) is 4.90 Å². The summed E-state index contributed by atoms with van der Waals surface area (Å²) in [6.45, 7) is 3.45. The van der Waals surface area contributed by atoms with Gasteiger partial charge in [-0.15, -0.1) is 4.83 Å². The Bertz CT molecular complexity index is 767. The van der Waals surface area contributed by atoms with Crippen molar-refractivity contribution in [3.63, 3.8) is 0 Å². The minimum absolute atomic E-state index is 0.0792. The molecule has 2 aliphatic carbocycles. The molecule has 1 aliphatic heterocycles. The first-order valence-electron chi connectivity index (χ1n) is 8.66. The third-order valence-corrected chi connectivity index (χ3v) is 7.35. The van der Waals surface area contributed by atoms with Crippen LogP contribution in [0.1, 0.15) is 31.2 Å². The summed E-state index contributed by atoms with van der Waals surface area (Å²) in [6.07, 6.45) is 13.6. The molecule has 1 saturated carbocycles. The van der Waals surface area contributed by atoms with E-state index in [0.717, 1.165) is 31.5 Å². The molecule has 128 valence electrons. The molecule has 4 nitrogen and oxygen atoms in total. The molecule has 0 radical (unpaired) electrons. The summed E-state index contributed by atoms with van der Waals surface area (Å²) in [4.78, 5) is 3.16. The monoisotopic (exact) mass is 344 g/mol. The molecule has 2 unspecified atom stereocenters. The van der Waals surface area contributed by atoms with Gasteiger partial charge in [-0.2, -0.15) is 0 Å². The van der Waals surface area contributed by atoms with E-state index in [2.05, 4.69) is 29.1 Å². The number of allylic oxidation sites excluding steroid dienone is 2. The molecule has 0 spiro atoms. The molecular formula is C19H24N2O2S. The molecule has 5 heteroatoms. The van der Waals surface area contributed by atoms with Gasteiger partial charge in [-0.05, 0) is 31.9 Å². The summed E-state index contributed by atoms with van der Waals surface area (Å²) in [5.74, 6) is 0. The van der Waals surface area contributed by atoms with Crippen molar-refractivity contribution in [2.24, 2.45) is 10.8 Å². The van der Waals surface area contributed by atoms with Gasteiger partial charge in [-0.3, -0.25) is 0 Å². The maximum absolute atomic E-state index is 12.7. The second-order valence-electron chi connectivity index (χ2n) is 7.50. The molecule has 4 rings (SSSR count). The molecule has 1 heterocycles. The first kappa shape index (κ1) is 16.1. The van der Waals surface area contributed by atoms with E-state index >= 15 is 0 Å². The van der Waals surface area contributed by atoms with Gasteiger partial charge in [0.15, 0.2) is 0 Å². The van der Waals surface area contributed by atoms with Crippen molar-refractivity contribution in [2.45, 2.75) is 37.5 Å². The highest BCUT2D eigenvalue weighted by atomic mass is 32.2. The largest absolute Gasteiger partial charge is 0.253 e. The fourth-order valence-corrected chi connectivity index (χ4v) is 5.75. The zero-order valence-electron chi connectivity index (χ0n) is 14.0. The zero-order chi connectivity index (χ0) is 16.8. The van der Waals surface area contributed by atoms with Crippen LogP contribution in [0, 0.1) is 17.8 Å². The molecule has 24 heavy (non-hydrogen) atoms. The summed E-state index contributed by atoms with van der Waals surface area (Å²) in [6, 6.07) is 7.01. The van der Waals surface area contributed by atoms with E-state index in [9.17, 15) is 8.42 Å². The van der Waals surface area contributed by atoms with E-state index < -0.39 is 10.0 Å². The van der Waals surface area contributed by atoms with Gasteiger partial charge in [-0.25, -0.2) is 13.4 Å². The molecule has 3 aliphatic rings. The van der Waals surface area contributed by atoms with Crippen LogP contribution >= 0.6 is 0 Å². The lowest BCUT2D eigenvalue weighted by molar-refractivity contribution is 0.131. The number of hydrogen-bond donors (Lipinski definition) is 1. The number of aryl methyl sites for hydroxylation is 1. The Morgan fingerprint density at radius 1 is 0.958 bits per heavy atom. The van der Waals surface area contributed by atoms with Crippen molar-refractivity contribution in [1.29, 1.82) is 0 Å². The lowest BCUT2D eigenvalue weighted by atomic mass is 9.56. The fraction of sp³-hybridized carbons (Fsp3) is 0.474. The van der Waals surface area contributed by atoms with Gasteiger partial charge in [0.25, 0.3) is 10.0 Å². The smallest absolute Gasteiger partial charge is 0.229 e. The summed E-state index contributed by atoms with van der Waals surface area (Å²) in [5.41, 5.74) is 1.21. The van der Waals surface area contributed by atoms with Gasteiger partial charge in [0.1, 0.15) is 0 Å². The van der Waals surface area contributed by atoms with Gasteiger partial charge < -0.3 is 0 Å².